The smallest absolute Gasteiger partial charge is 0.278 e. The summed E-state index contributed by atoms with van der Waals surface area (Å²) < 4.78 is 0. The summed E-state index contributed by atoms with van der Waals surface area (Å²) in [4.78, 5) is 40.7. The molecule has 0 spiro atoms. The normalized spacial score (nSPS) is 13.7. The van der Waals surface area contributed by atoms with Gasteiger partial charge in [-0.05, 0) is 43.2 Å². The van der Waals surface area contributed by atoms with Gasteiger partial charge in [-0.15, -0.1) is 0 Å². The molecule has 0 atom stereocenters. The molecule has 2 aromatic carbocycles. The maximum atomic E-state index is 13.5. The number of benzene rings is 2. The second-order valence-electron chi connectivity index (χ2n) is 8.14. The highest BCUT2D eigenvalue weighted by Crippen LogP contribution is 2.35. The molecular weight excluding hydrogens is 418 g/mol. The molecule has 0 fully saturated rings. The Morgan fingerprint density at radius 2 is 1.48 bits per heavy atom. The third-order valence-corrected chi connectivity index (χ3v) is 5.90. The molecular formula is C26H31N3O4. The average Bonchev–Trinajstić information content (AvgIpc) is 3.07. The van der Waals surface area contributed by atoms with Crippen molar-refractivity contribution in [3.8, 4) is 0 Å². The van der Waals surface area contributed by atoms with Gasteiger partial charge in [-0.2, -0.15) is 0 Å². The van der Waals surface area contributed by atoms with Crippen LogP contribution in [0.1, 0.15) is 57.9 Å². The highest BCUT2D eigenvalue weighted by atomic mass is 16.6. The van der Waals surface area contributed by atoms with Gasteiger partial charge in [0.2, 0.25) is 0 Å². The molecule has 0 aliphatic carbocycles. The zero-order valence-corrected chi connectivity index (χ0v) is 19.3. The van der Waals surface area contributed by atoms with E-state index in [-0.39, 0.29) is 17.5 Å². The van der Waals surface area contributed by atoms with E-state index in [1.165, 1.54) is 29.9 Å². The standard InChI is InChI=1S/C26H31N3O4/c1-3-5-6-7-8-12-19-28-25(30)23(20-15-17-22(18-16-20)29(32)33)24(26(28)31)27(4-2)21-13-10-9-11-14-21/h9-11,13-18H,3-8,12,19H2,1-2H3. The van der Waals surface area contributed by atoms with Crippen molar-refractivity contribution in [2.75, 3.05) is 18.0 Å². The number of hydrogen-bond acceptors (Lipinski definition) is 5. The minimum atomic E-state index is -0.478. The molecule has 0 unspecified atom stereocenters. The van der Waals surface area contributed by atoms with Gasteiger partial charge in [-0.1, -0.05) is 57.2 Å². The number of nitrogens with zero attached hydrogens (tertiary/aromatic N) is 3. The van der Waals surface area contributed by atoms with Gasteiger partial charge in [-0.25, -0.2) is 0 Å². The maximum absolute atomic E-state index is 13.5. The summed E-state index contributed by atoms with van der Waals surface area (Å²) in [7, 11) is 0. The van der Waals surface area contributed by atoms with Crippen molar-refractivity contribution in [3.05, 3.63) is 76.0 Å². The second kappa shape index (κ2) is 11.4. The number of nitro groups is 1. The van der Waals surface area contributed by atoms with Crippen molar-refractivity contribution in [2.24, 2.45) is 0 Å². The molecule has 0 aromatic heterocycles. The molecule has 0 saturated heterocycles. The minimum absolute atomic E-state index is 0.0583. The van der Waals surface area contributed by atoms with Gasteiger partial charge < -0.3 is 4.90 Å². The fourth-order valence-corrected chi connectivity index (χ4v) is 4.15. The van der Waals surface area contributed by atoms with E-state index >= 15 is 0 Å². The predicted octanol–water partition coefficient (Wildman–Crippen LogP) is 5.56. The SMILES string of the molecule is CCCCCCCCN1C(=O)C(c2ccc([N+](=O)[O-])cc2)=C(N(CC)c2ccccc2)C1=O. The maximum Gasteiger partial charge on any atom is 0.278 e. The topological polar surface area (TPSA) is 83.8 Å². The number of anilines is 1. The van der Waals surface area contributed by atoms with Crippen molar-refractivity contribution < 1.29 is 14.5 Å². The van der Waals surface area contributed by atoms with Crippen molar-refractivity contribution in [1.82, 2.24) is 4.90 Å². The summed E-state index contributed by atoms with van der Waals surface area (Å²) >= 11 is 0. The van der Waals surface area contributed by atoms with Crippen LogP contribution in [0.5, 0.6) is 0 Å². The van der Waals surface area contributed by atoms with E-state index in [9.17, 15) is 19.7 Å². The zero-order valence-electron chi connectivity index (χ0n) is 19.3. The average molecular weight is 450 g/mol. The van der Waals surface area contributed by atoms with E-state index in [4.69, 9.17) is 0 Å². The first-order chi connectivity index (χ1) is 16.0. The summed E-state index contributed by atoms with van der Waals surface area (Å²) in [6, 6.07) is 15.3. The number of rotatable bonds is 12. The number of amides is 2. The first-order valence-electron chi connectivity index (χ1n) is 11.7. The Hall–Kier alpha value is -3.48. The van der Waals surface area contributed by atoms with E-state index < -0.39 is 4.92 Å². The highest BCUT2D eigenvalue weighted by Gasteiger charge is 2.41. The zero-order chi connectivity index (χ0) is 23.8. The molecule has 1 aliphatic heterocycles. The Balaban J connectivity index is 1.94. The van der Waals surface area contributed by atoms with Gasteiger partial charge in [-0.3, -0.25) is 24.6 Å². The number of likely N-dealkylation sites (N-methyl/N-ethyl adjacent to an activating group) is 1. The molecule has 1 heterocycles. The Morgan fingerprint density at radius 3 is 2.09 bits per heavy atom. The number of non-ortho nitro benzene ring substituents is 1. The molecule has 0 radical (unpaired) electrons. The molecule has 7 nitrogen and oxygen atoms in total. The monoisotopic (exact) mass is 449 g/mol. The van der Waals surface area contributed by atoms with Crippen molar-refractivity contribution >= 4 is 28.8 Å². The summed E-state index contributed by atoms with van der Waals surface area (Å²) in [6.45, 7) is 4.97. The summed E-state index contributed by atoms with van der Waals surface area (Å²) in [5.41, 5.74) is 1.89. The van der Waals surface area contributed by atoms with Crippen LogP contribution >= 0.6 is 0 Å². The summed E-state index contributed by atoms with van der Waals surface area (Å²) in [6.07, 6.45) is 6.34. The summed E-state index contributed by atoms with van der Waals surface area (Å²) in [5.74, 6) is -0.653. The fourth-order valence-electron chi connectivity index (χ4n) is 4.15. The van der Waals surface area contributed by atoms with Gasteiger partial charge in [0.1, 0.15) is 5.70 Å². The molecule has 3 rings (SSSR count). The van der Waals surface area contributed by atoms with Crippen LogP contribution in [0.25, 0.3) is 5.57 Å². The fraction of sp³-hybridized carbons (Fsp3) is 0.385. The van der Waals surface area contributed by atoms with Crippen LogP contribution in [-0.4, -0.2) is 34.7 Å². The van der Waals surface area contributed by atoms with E-state index in [1.54, 1.807) is 12.1 Å². The second-order valence-corrected chi connectivity index (χ2v) is 8.14. The predicted molar refractivity (Wildman–Crippen MR) is 130 cm³/mol. The number of imide groups is 1. The van der Waals surface area contributed by atoms with E-state index in [0.29, 0.717) is 29.9 Å². The molecule has 2 amide bonds. The van der Waals surface area contributed by atoms with Crippen LogP contribution in [0.4, 0.5) is 11.4 Å². The lowest BCUT2D eigenvalue weighted by atomic mass is 10.0. The van der Waals surface area contributed by atoms with Gasteiger partial charge in [0, 0.05) is 30.9 Å². The first kappa shape index (κ1) is 24.2. The molecule has 33 heavy (non-hydrogen) atoms. The van der Waals surface area contributed by atoms with Gasteiger partial charge >= 0.3 is 0 Å². The van der Waals surface area contributed by atoms with Gasteiger partial charge in [0.15, 0.2) is 0 Å². The molecule has 1 aliphatic rings. The Bertz CT molecular complexity index is 1020. The molecule has 7 heteroatoms. The number of carbonyl (C=O) groups excluding carboxylic acids is 2. The molecule has 0 N–H and O–H groups in total. The van der Waals surface area contributed by atoms with E-state index in [0.717, 1.165) is 31.4 Å². The van der Waals surface area contributed by atoms with Crippen molar-refractivity contribution in [1.29, 1.82) is 0 Å². The number of carbonyl (C=O) groups is 2. The van der Waals surface area contributed by atoms with Crippen molar-refractivity contribution in [2.45, 2.75) is 52.4 Å². The number of para-hydroxylation sites is 1. The third kappa shape index (κ3) is 5.48. The number of hydrogen-bond donors (Lipinski definition) is 0. The molecule has 174 valence electrons. The highest BCUT2D eigenvalue weighted by molar-refractivity contribution is 6.36. The summed E-state index contributed by atoms with van der Waals surface area (Å²) in [5, 5.41) is 11.1. The lowest BCUT2D eigenvalue weighted by molar-refractivity contribution is -0.384. The molecule has 0 bridgehead atoms. The van der Waals surface area contributed by atoms with Crippen molar-refractivity contribution in [3.63, 3.8) is 0 Å². The Morgan fingerprint density at radius 1 is 0.848 bits per heavy atom. The lowest BCUT2D eigenvalue weighted by Crippen LogP contribution is -2.36. The first-order valence-corrected chi connectivity index (χ1v) is 11.7. The largest absolute Gasteiger partial charge is 0.337 e. The lowest BCUT2D eigenvalue weighted by Gasteiger charge is -2.25. The van der Waals surface area contributed by atoms with Crippen LogP contribution in [0.15, 0.2) is 60.3 Å². The van der Waals surface area contributed by atoms with Crippen LogP contribution in [0.3, 0.4) is 0 Å². The van der Waals surface area contributed by atoms with E-state index in [1.807, 2.05) is 42.2 Å². The van der Waals surface area contributed by atoms with Gasteiger partial charge in [0.25, 0.3) is 17.5 Å². The van der Waals surface area contributed by atoms with Crippen LogP contribution in [-0.2, 0) is 9.59 Å². The van der Waals surface area contributed by atoms with Crippen LogP contribution in [0, 0.1) is 10.1 Å². The third-order valence-electron chi connectivity index (χ3n) is 5.90. The van der Waals surface area contributed by atoms with Crippen LogP contribution < -0.4 is 4.90 Å². The number of unbranched alkanes of at least 4 members (excludes halogenated alkanes) is 5. The number of nitro benzene ring substituents is 1. The van der Waals surface area contributed by atoms with Crippen LogP contribution in [0.2, 0.25) is 0 Å². The minimum Gasteiger partial charge on any atom is -0.337 e. The Kier molecular flexibility index (Phi) is 8.35. The molecule has 2 aromatic rings. The Labute approximate surface area is 194 Å². The molecule has 0 saturated carbocycles. The quantitative estimate of drug-likeness (QED) is 0.183. The van der Waals surface area contributed by atoms with E-state index in [2.05, 4.69) is 6.92 Å². The van der Waals surface area contributed by atoms with Gasteiger partial charge in [0.05, 0.1) is 10.5 Å².